The lowest BCUT2D eigenvalue weighted by molar-refractivity contribution is -0.385. The molecule has 1 N–H and O–H groups in total. The van der Waals surface area contributed by atoms with Gasteiger partial charge in [0.15, 0.2) is 0 Å². The highest BCUT2D eigenvalue weighted by molar-refractivity contribution is 6.34. The maximum Gasteiger partial charge on any atom is 0.283 e. The Morgan fingerprint density at radius 2 is 2.32 bits per heavy atom. The maximum atomic E-state index is 12.1. The molecular formula is C12H13ClN2O4. The molecular weight excluding hydrogens is 272 g/mol. The van der Waals surface area contributed by atoms with Gasteiger partial charge in [-0.3, -0.25) is 14.9 Å². The molecule has 0 spiro atoms. The second kappa shape index (κ2) is 5.99. The second-order valence-corrected chi connectivity index (χ2v) is 4.69. The minimum Gasteiger partial charge on any atom is -0.379 e. The number of hydrogen-bond acceptors (Lipinski definition) is 4. The molecule has 6 nitrogen and oxygen atoms in total. The molecule has 0 aromatic heterocycles. The number of rotatable bonds is 3. The standard InChI is InChI=1S/C12H13ClN2O4/c13-9-4-1-5-10(15(17)18)11(9)12(16)14-8-3-2-6-19-7-8/h1,4-5,8H,2-3,6-7H2,(H,14,16)/t8-/m1/s1. The van der Waals surface area contributed by atoms with E-state index in [-0.39, 0.29) is 22.3 Å². The zero-order chi connectivity index (χ0) is 13.8. The smallest absolute Gasteiger partial charge is 0.283 e. The Labute approximate surface area is 114 Å². The summed E-state index contributed by atoms with van der Waals surface area (Å²) in [6.07, 6.45) is 1.65. The van der Waals surface area contributed by atoms with Gasteiger partial charge >= 0.3 is 0 Å². The highest BCUT2D eigenvalue weighted by Crippen LogP contribution is 2.26. The van der Waals surface area contributed by atoms with Gasteiger partial charge in [-0.15, -0.1) is 0 Å². The van der Waals surface area contributed by atoms with Crippen LogP contribution in [0.25, 0.3) is 0 Å². The number of hydrogen-bond donors (Lipinski definition) is 1. The van der Waals surface area contributed by atoms with Crippen molar-refractivity contribution in [1.29, 1.82) is 0 Å². The number of benzene rings is 1. The molecule has 1 aromatic rings. The lowest BCUT2D eigenvalue weighted by Crippen LogP contribution is -2.40. The van der Waals surface area contributed by atoms with E-state index in [9.17, 15) is 14.9 Å². The van der Waals surface area contributed by atoms with Crippen LogP contribution in [0.2, 0.25) is 5.02 Å². The van der Waals surface area contributed by atoms with Crippen LogP contribution in [0.5, 0.6) is 0 Å². The fourth-order valence-corrected chi connectivity index (χ4v) is 2.26. The molecule has 7 heteroatoms. The van der Waals surface area contributed by atoms with Crippen molar-refractivity contribution in [1.82, 2.24) is 5.32 Å². The van der Waals surface area contributed by atoms with Crippen molar-refractivity contribution < 1.29 is 14.5 Å². The fraction of sp³-hybridized carbons (Fsp3) is 0.417. The van der Waals surface area contributed by atoms with Gasteiger partial charge in [0.2, 0.25) is 0 Å². The summed E-state index contributed by atoms with van der Waals surface area (Å²) in [7, 11) is 0. The first kappa shape index (κ1) is 13.8. The Hall–Kier alpha value is -1.66. The summed E-state index contributed by atoms with van der Waals surface area (Å²) < 4.78 is 5.25. The number of carbonyl (C=O) groups is 1. The molecule has 0 unspecified atom stereocenters. The van der Waals surface area contributed by atoms with Crippen LogP contribution >= 0.6 is 11.6 Å². The van der Waals surface area contributed by atoms with Gasteiger partial charge < -0.3 is 10.1 Å². The average molecular weight is 285 g/mol. The molecule has 1 saturated heterocycles. The first-order valence-electron chi connectivity index (χ1n) is 5.91. The number of nitrogens with one attached hydrogen (secondary N) is 1. The van der Waals surface area contributed by atoms with Gasteiger partial charge in [-0.1, -0.05) is 17.7 Å². The number of amides is 1. The van der Waals surface area contributed by atoms with E-state index in [1.807, 2.05) is 0 Å². The summed E-state index contributed by atoms with van der Waals surface area (Å²) in [5.74, 6) is -0.534. The van der Waals surface area contributed by atoms with Crippen molar-refractivity contribution in [2.75, 3.05) is 13.2 Å². The zero-order valence-electron chi connectivity index (χ0n) is 10.1. The fourth-order valence-electron chi connectivity index (χ4n) is 2.00. The summed E-state index contributed by atoms with van der Waals surface area (Å²) in [5.41, 5.74) is -0.388. The average Bonchev–Trinajstić information content (AvgIpc) is 2.39. The van der Waals surface area contributed by atoms with E-state index in [0.717, 1.165) is 12.8 Å². The molecule has 1 aromatic carbocycles. The van der Waals surface area contributed by atoms with Gasteiger partial charge in [0.1, 0.15) is 5.56 Å². The number of ether oxygens (including phenoxy) is 1. The summed E-state index contributed by atoms with van der Waals surface area (Å²) in [6, 6.07) is 4.04. The Morgan fingerprint density at radius 1 is 1.53 bits per heavy atom. The number of halogens is 1. The van der Waals surface area contributed by atoms with E-state index in [0.29, 0.717) is 13.2 Å². The quantitative estimate of drug-likeness (QED) is 0.681. The van der Waals surface area contributed by atoms with Gasteiger partial charge in [0.25, 0.3) is 11.6 Å². The first-order chi connectivity index (χ1) is 9.09. The Bertz CT molecular complexity index is 501. The van der Waals surface area contributed by atoms with Crippen molar-refractivity contribution in [3.63, 3.8) is 0 Å². The maximum absolute atomic E-state index is 12.1. The molecule has 1 fully saturated rings. The van der Waals surface area contributed by atoms with Crippen molar-refractivity contribution in [2.45, 2.75) is 18.9 Å². The van der Waals surface area contributed by atoms with Crippen LogP contribution in [-0.4, -0.2) is 30.1 Å². The van der Waals surface area contributed by atoms with Gasteiger partial charge in [0, 0.05) is 12.7 Å². The third kappa shape index (κ3) is 3.21. The molecule has 1 heterocycles. The van der Waals surface area contributed by atoms with Gasteiger partial charge in [-0.2, -0.15) is 0 Å². The van der Waals surface area contributed by atoms with Crippen molar-refractivity contribution in [3.05, 3.63) is 38.9 Å². The van der Waals surface area contributed by atoms with E-state index in [1.165, 1.54) is 18.2 Å². The van der Waals surface area contributed by atoms with Crippen LogP contribution in [-0.2, 0) is 4.74 Å². The second-order valence-electron chi connectivity index (χ2n) is 4.28. The van der Waals surface area contributed by atoms with E-state index in [2.05, 4.69) is 5.32 Å². The normalized spacial score (nSPS) is 18.9. The molecule has 0 aliphatic carbocycles. The third-order valence-electron chi connectivity index (χ3n) is 2.91. The largest absolute Gasteiger partial charge is 0.379 e. The predicted octanol–water partition coefficient (Wildman–Crippen LogP) is 2.16. The summed E-state index contributed by atoms with van der Waals surface area (Å²) in [6.45, 7) is 1.10. The van der Waals surface area contributed by atoms with Crippen LogP contribution in [0, 0.1) is 10.1 Å². The molecule has 1 atom stereocenters. The first-order valence-corrected chi connectivity index (χ1v) is 6.29. The SMILES string of the molecule is O=C(N[C@@H]1CCCOC1)c1c(Cl)cccc1[N+](=O)[O-]. The van der Waals surface area contributed by atoms with Crippen LogP contribution < -0.4 is 5.32 Å². The van der Waals surface area contributed by atoms with Gasteiger partial charge in [-0.05, 0) is 18.9 Å². The Morgan fingerprint density at radius 3 is 2.95 bits per heavy atom. The molecule has 0 bridgehead atoms. The van der Waals surface area contributed by atoms with Crippen LogP contribution in [0.4, 0.5) is 5.69 Å². The van der Waals surface area contributed by atoms with E-state index >= 15 is 0 Å². The van der Waals surface area contributed by atoms with Crippen LogP contribution in [0.1, 0.15) is 23.2 Å². The monoisotopic (exact) mass is 284 g/mol. The van der Waals surface area contributed by atoms with E-state index < -0.39 is 10.8 Å². The molecule has 19 heavy (non-hydrogen) atoms. The van der Waals surface area contributed by atoms with Crippen molar-refractivity contribution in [3.8, 4) is 0 Å². The van der Waals surface area contributed by atoms with Gasteiger partial charge in [0.05, 0.1) is 22.6 Å². The summed E-state index contributed by atoms with van der Waals surface area (Å²) in [4.78, 5) is 22.4. The minimum atomic E-state index is -0.613. The van der Waals surface area contributed by atoms with Crippen molar-refractivity contribution >= 4 is 23.2 Å². The number of nitro benzene ring substituents is 1. The van der Waals surface area contributed by atoms with E-state index in [1.54, 1.807) is 0 Å². The molecule has 1 aliphatic heterocycles. The zero-order valence-corrected chi connectivity index (χ0v) is 10.9. The molecule has 0 radical (unpaired) electrons. The molecule has 1 amide bonds. The van der Waals surface area contributed by atoms with Gasteiger partial charge in [-0.25, -0.2) is 0 Å². The number of nitro groups is 1. The van der Waals surface area contributed by atoms with Crippen LogP contribution in [0.3, 0.4) is 0 Å². The molecule has 1 aliphatic rings. The van der Waals surface area contributed by atoms with E-state index in [4.69, 9.17) is 16.3 Å². The summed E-state index contributed by atoms with van der Waals surface area (Å²) in [5, 5.41) is 13.7. The number of carbonyl (C=O) groups excluding carboxylic acids is 1. The predicted molar refractivity (Wildman–Crippen MR) is 69.4 cm³/mol. The minimum absolute atomic E-state index is 0.0726. The highest BCUT2D eigenvalue weighted by Gasteiger charge is 2.25. The molecule has 2 rings (SSSR count). The summed E-state index contributed by atoms with van der Waals surface area (Å²) >= 11 is 5.89. The third-order valence-corrected chi connectivity index (χ3v) is 3.23. The Balaban J connectivity index is 2.20. The molecule has 0 saturated carbocycles. The highest BCUT2D eigenvalue weighted by atomic mass is 35.5. The van der Waals surface area contributed by atoms with Crippen molar-refractivity contribution in [2.24, 2.45) is 0 Å². The Kier molecular flexibility index (Phi) is 4.34. The topological polar surface area (TPSA) is 81.5 Å². The number of nitrogens with zero attached hydrogens (tertiary/aromatic N) is 1. The lowest BCUT2D eigenvalue weighted by Gasteiger charge is -2.23. The molecule has 102 valence electrons. The lowest BCUT2D eigenvalue weighted by atomic mass is 10.1. The van der Waals surface area contributed by atoms with Crippen LogP contribution in [0.15, 0.2) is 18.2 Å².